The molecule has 0 bridgehead atoms. The standard InChI is InChI=1S/C9H8F6P/c10-3-6-1-7(4-11)9(16(13,14)15)8(2-6)5-12/h1-2H,3-5H2/q+1. The van der Waals surface area contributed by atoms with Gasteiger partial charge in [-0.15, -0.1) is 0 Å². The van der Waals surface area contributed by atoms with Crippen LogP contribution >= 0.6 is 8.19 Å². The third-order valence-electron chi connectivity index (χ3n) is 2.02. The van der Waals surface area contributed by atoms with E-state index >= 15 is 0 Å². The highest BCUT2D eigenvalue weighted by Crippen LogP contribution is 2.64. The first-order valence-corrected chi connectivity index (χ1v) is 5.71. The van der Waals surface area contributed by atoms with Crippen molar-refractivity contribution in [3.63, 3.8) is 0 Å². The van der Waals surface area contributed by atoms with E-state index in [-0.39, 0.29) is 5.56 Å². The molecule has 0 spiro atoms. The minimum absolute atomic E-state index is 0.141. The van der Waals surface area contributed by atoms with E-state index in [4.69, 9.17) is 0 Å². The molecule has 0 saturated heterocycles. The summed E-state index contributed by atoms with van der Waals surface area (Å²) in [5.41, 5.74) is -1.50. The van der Waals surface area contributed by atoms with Crippen LogP contribution in [0.25, 0.3) is 0 Å². The third-order valence-corrected chi connectivity index (χ3v) is 3.10. The molecule has 0 aliphatic rings. The molecule has 0 fully saturated rings. The topological polar surface area (TPSA) is 0 Å². The molecule has 0 aliphatic heterocycles. The summed E-state index contributed by atoms with van der Waals surface area (Å²) in [7, 11) is -6.01. The van der Waals surface area contributed by atoms with Gasteiger partial charge in [-0.05, 0) is 17.7 Å². The second-order valence-corrected chi connectivity index (χ2v) is 4.45. The lowest BCUT2D eigenvalue weighted by atomic mass is 10.1. The minimum atomic E-state index is -6.01. The Morgan fingerprint density at radius 3 is 1.50 bits per heavy atom. The summed E-state index contributed by atoms with van der Waals surface area (Å²) in [5, 5.41) is -1.23. The van der Waals surface area contributed by atoms with E-state index in [1.165, 1.54) is 0 Å². The molecule has 0 unspecified atom stereocenters. The van der Waals surface area contributed by atoms with Crippen LogP contribution in [0.1, 0.15) is 16.7 Å². The van der Waals surface area contributed by atoms with Crippen molar-refractivity contribution >= 4 is 13.5 Å². The van der Waals surface area contributed by atoms with E-state index in [9.17, 15) is 25.8 Å². The van der Waals surface area contributed by atoms with Crippen LogP contribution in [0.5, 0.6) is 0 Å². The van der Waals surface area contributed by atoms with Crippen molar-refractivity contribution in [3.05, 3.63) is 28.8 Å². The first-order chi connectivity index (χ1) is 7.43. The number of halogens is 6. The van der Waals surface area contributed by atoms with Crippen molar-refractivity contribution in [3.8, 4) is 0 Å². The zero-order chi connectivity index (χ0) is 12.3. The van der Waals surface area contributed by atoms with Gasteiger partial charge in [0.25, 0.3) is 0 Å². The molecule has 0 saturated carbocycles. The summed E-state index contributed by atoms with van der Waals surface area (Å²) < 4.78 is 74.9. The second kappa shape index (κ2) is 5.04. The molecule has 1 aromatic rings. The maximum absolute atomic E-state index is 12.6. The van der Waals surface area contributed by atoms with Gasteiger partial charge in [0.15, 0.2) is 0 Å². The van der Waals surface area contributed by atoms with Gasteiger partial charge in [-0.25, -0.2) is 13.2 Å². The highest BCUT2D eigenvalue weighted by molar-refractivity contribution is 7.68. The van der Waals surface area contributed by atoms with Crippen LogP contribution < -0.4 is 5.30 Å². The zero-order valence-electron chi connectivity index (χ0n) is 7.99. The highest BCUT2D eigenvalue weighted by Gasteiger charge is 2.50. The molecule has 1 rings (SSSR count). The molecule has 1 aromatic carbocycles. The van der Waals surface area contributed by atoms with E-state index in [1.54, 1.807) is 0 Å². The van der Waals surface area contributed by atoms with Gasteiger partial charge in [-0.3, -0.25) is 0 Å². The maximum Gasteiger partial charge on any atom is 0.602 e. The molecule has 0 aromatic heterocycles. The first kappa shape index (κ1) is 13.3. The van der Waals surface area contributed by atoms with E-state index in [1.807, 2.05) is 0 Å². The van der Waals surface area contributed by atoms with Gasteiger partial charge in [0, 0.05) is 23.7 Å². The van der Waals surface area contributed by atoms with E-state index < -0.39 is 44.6 Å². The van der Waals surface area contributed by atoms with E-state index in [2.05, 4.69) is 0 Å². The molecule has 0 N–H and O–H groups in total. The minimum Gasteiger partial charge on any atom is -0.246 e. The first-order valence-electron chi connectivity index (χ1n) is 4.25. The molecular weight excluding hydrogens is 253 g/mol. The van der Waals surface area contributed by atoms with Crippen molar-refractivity contribution in [2.75, 3.05) is 0 Å². The lowest BCUT2D eigenvalue weighted by molar-refractivity contribution is 0.465. The van der Waals surface area contributed by atoms with Gasteiger partial charge >= 0.3 is 8.19 Å². The SMILES string of the molecule is FCc1cc(CF)c([P+](F)(F)F)c(CF)c1. The third kappa shape index (κ3) is 2.67. The number of alkyl halides is 3. The Kier molecular flexibility index (Phi) is 4.19. The van der Waals surface area contributed by atoms with Crippen LogP contribution in [0.4, 0.5) is 25.8 Å². The fraction of sp³-hybridized carbons (Fsp3) is 0.333. The van der Waals surface area contributed by atoms with Crippen LogP contribution in [0, 0.1) is 0 Å². The van der Waals surface area contributed by atoms with Gasteiger partial charge < -0.3 is 0 Å². The molecule has 0 heterocycles. The maximum atomic E-state index is 12.6. The fourth-order valence-corrected chi connectivity index (χ4v) is 2.34. The van der Waals surface area contributed by atoms with Gasteiger partial charge in [0.2, 0.25) is 5.30 Å². The molecule has 0 nitrogen and oxygen atoms in total. The van der Waals surface area contributed by atoms with E-state index in [0.717, 1.165) is 12.1 Å². The summed E-state index contributed by atoms with van der Waals surface area (Å²) in [6.45, 7) is -3.80. The van der Waals surface area contributed by atoms with Gasteiger partial charge in [0.1, 0.15) is 20.0 Å². The molecule has 0 aliphatic carbocycles. The number of hydrogen-bond acceptors (Lipinski definition) is 0. The van der Waals surface area contributed by atoms with Crippen molar-refractivity contribution in [1.29, 1.82) is 0 Å². The summed E-state index contributed by atoms with van der Waals surface area (Å²) in [4.78, 5) is 0. The number of benzene rings is 1. The van der Waals surface area contributed by atoms with E-state index in [0.29, 0.717) is 0 Å². The predicted octanol–water partition coefficient (Wildman–Crippen LogP) is 4.39. The largest absolute Gasteiger partial charge is 0.602 e. The molecule has 7 heteroatoms. The average molecular weight is 261 g/mol. The van der Waals surface area contributed by atoms with Crippen molar-refractivity contribution in [1.82, 2.24) is 0 Å². The van der Waals surface area contributed by atoms with Crippen LogP contribution in [0.3, 0.4) is 0 Å². The number of rotatable bonds is 4. The Morgan fingerprint density at radius 1 is 0.812 bits per heavy atom. The Hall–Kier alpha value is -0.770. The monoisotopic (exact) mass is 261 g/mol. The van der Waals surface area contributed by atoms with Crippen molar-refractivity contribution < 1.29 is 25.8 Å². The molecule has 0 radical (unpaired) electrons. The van der Waals surface area contributed by atoms with Crippen LogP contribution in [0.2, 0.25) is 0 Å². The normalized spacial score (nSPS) is 11.9. The molecule has 0 amide bonds. The predicted molar refractivity (Wildman–Crippen MR) is 50.8 cm³/mol. The number of hydrogen-bond donors (Lipinski definition) is 0. The molecule has 0 atom stereocenters. The highest BCUT2D eigenvalue weighted by atomic mass is 31.3. The Balaban J connectivity index is 3.44. The smallest absolute Gasteiger partial charge is 0.246 e. The van der Waals surface area contributed by atoms with Crippen molar-refractivity contribution in [2.45, 2.75) is 20.0 Å². The lowest BCUT2D eigenvalue weighted by Gasteiger charge is -2.07. The molecular formula is C9H8F6P+. The van der Waals surface area contributed by atoms with Crippen LogP contribution in [-0.2, 0) is 20.0 Å². The summed E-state index contributed by atoms with van der Waals surface area (Å²) in [6, 6.07) is 1.59. The van der Waals surface area contributed by atoms with Crippen molar-refractivity contribution in [2.24, 2.45) is 0 Å². The quantitative estimate of drug-likeness (QED) is 0.557. The van der Waals surface area contributed by atoms with Crippen LogP contribution in [-0.4, -0.2) is 0 Å². The molecule has 90 valence electrons. The summed E-state index contributed by atoms with van der Waals surface area (Å²) >= 11 is 0. The lowest BCUT2D eigenvalue weighted by Crippen LogP contribution is -2.15. The Labute approximate surface area is 89.0 Å². The zero-order valence-corrected chi connectivity index (χ0v) is 8.89. The Morgan fingerprint density at radius 2 is 1.25 bits per heavy atom. The van der Waals surface area contributed by atoms with Gasteiger partial charge in [0.05, 0.1) is 0 Å². The average Bonchev–Trinajstić information content (AvgIpc) is 2.25. The van der Waals surface area contributed by atoms with Crippen LogP contribution in [0.15, 0.2) is 12.1 Å². The van der Waals surface area contributed by atoms with Gasteiger partial charge in [-0.2, -0.15) is 0 Å². The summed E-state index contributed by atoms with van der Waals surface area (Å²) in [6.07, 6.45) is 0. The fourth-order valence-electron chi connectivity index (χ4n) is 1.44. The molecule has 16 heavy (non-hydrogen) atoms. The summed E-state index contributed by atoms with van der Waals surface area (Å²) in [5.74, 6) is 0. The Bertz CT molecular complexity index is 348. The second-order valence-electron chi connectivity index (χ2n) is 3.11. The van der Waals surface area contributed by atoms with Gasteiger partial charge in [-0.1, -0.05) is 0 Å².